The van der Waals surface area contributed by atoms with E-state index in [4.69, 9.17) is 4.74 Å². The van der Waals surface area contributed by atoms with Gasteiger partial charge in [0.2, 0.25) is 0 Å². The summed E-state index contributed by atoms with van der Waals surface area (Å²) in [5.41, 5.74) is 0.357. The second-order valence-electron chi connectivity index (χ2n) is 4.25. The number of nitrogens with zero attached hydrogens (tertiary/aromatic N) is 1. The van der Waals surface area contributed by atoms with Crippen molar-refractivity contribution in [3.05, 3.63) is 0 Å². The van der Waals surface area contributed by atoms with Gasteiger partial charge >= 0.3 is 0 Å². The lowest BCUT2D eigenvalue weighted by Gasteiger charge is -2.37. The lowest BCUT2D eigenvalue weighted by molar-refractivity contribution is 0.0795. The third kappa shape index (κ3) is 1.05. The molecule has 0 aromatic carbocycles. The van der Waals surface area contributed by atoms with E-state index in [1.165, 1.54) is 19.3 Å². The first-order valence-corrected chi connectivity index (χ1v) is 4.37. The third-order valence-corrected chi connectivity index (χ3v) is 2.92. The fraction of sp³-hybridized carbons (Fsp3) is 0.889. The van der Waals surface area contributed by atoms with Gasteiger partial charge in [-0.25, -0.2) is 0 Å². The molecule has 2 rings (SSSR count). The summed E-state index contributed by atoms with van der Waals surface area (Å²) in [6.07, 6.45) is 5.79. The predicted octanol–water partition coefficient (Wildman–Crippen LogP) is 1.99. The highest BCUT2D eigenvalue weighted by Gasteiger charge is 2.41. The Hall–Kier alpha value is -0.530. The fourth-order valence-electron chi connectivity index (χ4n) is 2.19. The Morgan fingerprint density at radius 1 is 1.55 bits per heavy atom. The summed E-state index contributed by atoms with van der Waals surface area (Å²) in [5.74, 6) is 0. The number of fused-ring (bicyclic) bond motifs is 1. The van der Waals surface area contributed by atoms with Crippen molar-refractivity contribution in [3.63, 3.8) is 0 Å². The highest BCUT2D eigenvalue weighted by molar-refractivity contribution is 5.50. The average molecular weight is 153 g/mol. The molecule has 1 aliphatic carbocycles. The van der Waals surface area contributed by atoms with Gasteiger partial charge < -0.3 is 4.74 Å². The molecule has 2 atom stereocenters. The van der Waals surface area contributed by atoms with Crippen molar-refractivity contribution in [2.24, 2.45) is 10.4 Å². The van der Waals surface area contributed by atoms with E-state index >= 15 is 0 Å². The summed E-state index contributed by atoms with van der Waals surface area (Å²) in [4.78, 5) is 4.36. The van der Waals surface area contributed by atoms with Crippen LogP contribution in [0, 0.1) is 5.41 Å². The van der Waals surface area contributed by atoms with Crippen LogP contribution in [-0.4, -0.2) is 18.5 Å². The third-order valence-electron chi connectivity index (χ3n) is 2.92. The van der Waals surface area contributed by atoms with Crippen LogP contribution in [-0.2, 0) is 4.74 Å². The summed E-state index contributed by atoms with van der Waals surface area (Å²) in [6, 6.07) is 0.427. The van der Waals surface area contributed by atoms with E-state index in [9.17, 15) is 0 Å². The minimum atomic E-state index is 0.357. The maximum Gasteiger partial charge on any atom is 0.170 e. The van der Waals surface area contributed by atoms with Crippen molar-refractivity contribution in [2.75, 3.05) is 0 Å². The van der Waals surface area contributed by atoms with Crippen LogP contribution >= 0.6 is 0 Å². The smallest absolute Gasteiger partial charge is 0.170 e. The molecule has 11 heavy (non-hydrogen) atoms. The Labute approximate surface area is 67.7 Å². The summed E-state index contributed by atoms with van der Waals surface area (Å²) in [6.45, 7) is 4.58. The van der Waals surface area contributed by atoms with E-state index in [-0.39, 0.29) is 0 Å². The zero-order valence-electron chi connectivity index (χ0n) is 7.21. The number of hydrogen-bond acceptors (Lipinski definition) is 2. The van der Waals surface area contributed by atoms with E-state index in [1.807, 2.05) is 0 Å². The van der Waals surface area contributed by atoms with Gasteiger partial charge in [0.1, 0.15) is 6.10 Å². The van der Waals surface area contributed by atoms with Gasteiger partial charge in [0.25, 0.3) is 0 Å². The highest BCUT2D eigenvalue weighted by atomic mass is 16.5. The number of aliphatic imine (C=N–C) groups is 1. The largest absolute Gasteiger partial charge is 0.478 e. The molecule has 2 heteroatoms. The molecule has 1 fully saturated rings. The molecule has 0 N–H and O–H groups in total. The molecule has 1 heterocycles. The standard InChI is InChI=1S/C9H15NO/c1-9(2)5-3-4-7-8(9)10-6-11-7/h6-8H,3-5H2,1-2H3. The van der Waals surface area contributed by atoms with E-state index in [0.717, 1.165) is 0 Å². The normalized spacial score (nSPS) is 39.8. The summed E-state index contributed by atoms with van der Waals surface area (Å²) in [7, 11) is 0. The van der Waals surface area contributed by atoms with Crippen LogP contribution in [0.15, 0.2) is 4.99 Å². The first-order valence-electron chi connectivity index (χ1n) is 4.37. The first-order chi connectivity index (χ1) is 5.20. The van der Waals surface area contributed by atoms with E-state index in [1.54, 1.807) is 6.40 Å². The minimum Gasteiger partial charge on any atom is -0.478 e. The number of rotatable bonds is 0. The Balaban J connectivity index is 2.18. The van der Waals surface area contributed by atoms with Crippen LogP contribution in [0.2, 0.25) is 0 Å². The maximum atomic E-state index is 5.40. The van der Waals surface area contributed by atoms with Crippen LogP contribution in [0.4, 0.5) is 0 Å². The van der Waals surface area contributed by atoms with Crippen LogP contribution in [0.1, 0.15) is 33.1 Å². The van der Waals surface area contributed by atoms with Crippen molar-refractivity contribution < 1.29 is 4.74 Å². The van der Waals surface area contributed by atoms with Crippen LogP contribution in [0.5, 0.6) is 0 Å². The molecule has 0 aromatic heterocycles. The fourth-order valence-corrected chi connectivity index (χ4v) is 2.19. The predicted molar refractivity (Wildman–Crippen MR) is 44.8 cm³/mol. The van der Waals surface area contributed by atoms with Crippen LogP contribution in [0.3, 0.4) is 0 Å². The van der Waals surface area contributed by atoms with Gasteiger partial charge in [-0.2, -0.15) is 0 Å². The van der Waals surface area contributed by atoms with Crippen molar-refractivity contribution in [2.45, 2.75) is 45.3 Å². The molecule has 2 nitrogen and oxygen atoms in total. The van der Waals surface area contributed by atoms with Crippen molar-refractivity contribution >= 4 is 6.40 Å². The monoisotopic (exact) mass is 153 g/mol. The zero-order valence-corrected chi connectivity index (χ0v) is 7.21. The van der Waals surface area contributed by atoms with Gasteiger partial charge in [-0.3, -0.25) is 4.99 Å². The molecule has 1 saturated carbocycles. The molecule has 0 saturated heterocycles. The Kier molecular flexibility index (Phi) is 1.44. The summed E-state index contributed by atoms with van der Waals surface area (Å²) in [5, 5.41) is 0. The van der Waals surface area contributed by atoms with E-state index in [0.29, 0.717) is 17.6 Å². The Morgan fingerprint density at radius 3 is 3.09 bits per heavy atom. The van der Waals surface area contributed by atoms with Crippen LogP contribution in [0.25, 0.3) is 0 Å². The van der Waals surface area contributed by atoms with Gasteiger partial charge in [0.05, 0.1) is 6.04 Å². The highest BCUT2D eigenvalue weighted by Crippen LogP contribution is 2.40. The molecular formula is C9H15NO. The van der Waals surface area contributed by atoms with Gasteiger partial charge in [0.15, 0.2) is 6.40 Å². The maximum absolute atomic E-state index is 5.40. The van der Waals surface area contributed by atoms with Crippen molar-refractivity contribution in [1.29, 1.82) is 0 Å². The zero-order chi connectivity index (χ0) is 7.90. The number of hydrogen-bond donors (Lipinski definition) is 0. The Morgan fingerprint density at radius 2 is 2.36 bits per heavy atom. The quantitative estimate of drug-likeness (QED) is 0.521. The second-order valence-corrected chi connectivity index (χ2v) is 4.25. The summed E-state index contributed by atoms with van der Waals surface area (Å²) >= 11 is 0. The molecule has 0 spiro atoms. The molecule has 0 amide bonds. The molecule has 0 aromatic rings. The molecule has 2 aliphatic rings. The van der Waals surface area contributed by atoms with Crippen molar-refractivity contribution in [3.8, 4) is 0 Å². The first kappa shape index (κ1) is 7.14. The molecular weight excluding hydrogens is 138 g/mol. The second kappa shape index (κ2) is 2.23. The topological polar surface area (TPSA) is 21.6 Å². The summed E-state index contributed by atoms with van der Waals surface area (Å²) < 4.78 is 5.40. The van der Waals surface area contributed by atoms with E-state index in [2.05, 4.69) is 18.8 Å². The van der Waals surface area contributed by atoms with Crippen molar-refractivity contribution in [1.82, 2.24) is 0 Å². The Bertz CT molecular complexity index is 186. The lowest BCUT2D eigenvalue weighted by atomic mass is 9.72. The molecule has 2 unspecified atom stereocenters. The van der Waals surface area contributed by atoms with Gasteiger partial charge in [-0.15, -0.1) is 0 Å². The minimum absolute atomic E-state index is 0.357. The molecule has 0 radical (unpaired) electrons. The molecule has 0 bridgehead atoms. The van der Waals surface area contributed by atoms with Crippen LogP contribution < -0.4 is 0 Å². The molecule has 1 aliphatic heterocycles. The average Bonchev–Trinajstić information content (AvgIpc) is 2.34. The van der Waals surface area contributed by atoms with Gasteiger partial charge in [-0.05, 0) is 24.7 Å². The molecule has 62 valence electrons. The van der Waals surface area contributed by atoms with Gasteiger partial charge in [-0.1, -0.05) is 13.8 Å². The number of ether oxygens (including phenoxy) is 1. The lowest BCUT2D eigenvalue weighted by Crippen LogP contribution is -2.40. The van der Waals surface area contributed by atoms with Gasteiger partial charge in [0, 0.05) is 0 Å². The SMILES string of the molecule is CC1(C)CCCC2OC=NC21. The van der Waals surface area contributed by atoms with E-state index < -0.39 is 0 Å².